The van der Waals surface area contributed by atoms with E-state index in [1.165, 1.54) is 6.92 Å². The SMILES string of the molecule is CC[Si]12O[Si](O)(CO)O[Si](O[Si](O)(OC)OC)(O[Si](CO)(OC)OC)O[Si]3(O[Si](O)(O[Si](O)(CO)O[Si](O)(OC)O[Si](CO)(OC)O3)O1)O2. The van der Waals surface area contributed by atoms with Gasteiger partial charge in [-0.3, -0.25) is 0 Å². The highest BCUT2D eigenvalue weighted by molar-refractivity contribution is 6.97. The van der Waals surface area contributed by atoms with Crippen LogP contribution in [0.2, 0.25) is 6.04 Å². The van der Waals surface area contributed by atoms with E-state index in [-0.39, 0.29) is 0 Å². The maximum atomic E-state index is 11.8. The van der Waals surface area contributed by atoms with Gasteiger partial charge in [0, 0.05) is 48.7 Å². The fourth-order valence-electron chi connectivity index (χ4n) is 3.87. The zero-order chi connectivity index (χ0) is 37.3. The Kier molecular flexibility index (Phi) is 14.6. The molecule has 3 fully saturated rings. The van der Waals surface area contributed by atoms with Crippen molar-refractivity contribution >= 4 is 89.3 Å². The molecule has 0 radical (unpaired) electrons. The molecule has 0 aromatic carbocycles. The van der Waals surface area contributed by atoms with Crippen LogP contribution in [0.25, 0.3) is 0 Å². The largest absolute Gasteiger partial charge is 0.670 e. The molecule has 0 aromatic rings. The molecular formula is C12H40O27Si10. The van der Waals surface area contributed by atoms with Crippen LogP contribution in [0.15, 0.2) is 0 Å². The van der Waals surface area contributed by atoms with Crippen molar-refractivity contribution in [3.63, 3.8) is 0 Å². The third-order valence-electron chi connectivity index (χ3n) is 6.27. The summed E-state index contributed by atoms with van der Waals surface area (Å²) in [5, 5.41) is 41.4. The van der Waals surface area contributed by atoms with Crippen LogP contribution in [0.3, 0.4) is 0 Å². The topological polar surface area (TPSA) is 348 Å². The third-order valence-corrected chi connectivity index (χ3v) is 38.9. The highest BCUT2D eigenvalue weighted by Gasteiger charge is 2.83. The van der Waals surface area contributed by atoms with Crippen LogP contribution in [0.4, 0.5) is 0 Å². The van der Waals surface area contributed by atoms with Crippen molar-refractivity contribution < 1.29 is 120 Å². The van der Waals surface area contributed by atoms with Gasteiger partial charge >= 0.3 is 89.3 Å². The molecule has 8 atom stereocenters. The molecule has 3 bridgehead atoms. The van der Waals surface area contributed by atoms with Crippen molar-refractivity contribution in [2.75, 3.05) is 67.6 Å². The normalized spacial score (nSPS) is 42.4. The lowest BCUT2D eigenvalue weighted by Gasteiger charge is -2.54. The Bertz CT molecular complexity index is 1100. The number of fused-ring (bicyclic) bond motifs is 2. The van der Waals surface area contributed by atoms with Crippen LogP contribution in [0.1, 0.15) is 6.92 Å². The summed E-state index contributed by atoms with van der Waals surface area (Å²) in [4.78, 5) is 57.0. The summed E-state index contributed by atoms with van der Waals surface area (Å²) >= 11 is 0. The monoisotopic (exact) mass is 896 g/mol. The molecule has 37 heteroatoms. The summed E-state index contributed by atoms with van der Waals surface area (Å²) in [7, 11) is -47.8. The summed E-state index contributed by atoms with van der Waals surface area (Å²) in [6.45, 7) is 1.33. The van der Waals surface area contributed by atoms with Crippen LogP contribution < -0.4 is 0 Å². The summed E-state index contributed by atoms with van der Waals surface area (Å²) in [6.07, 6.45) is -5.28. The lowest BCUT2D eigenvalue weighted by Crippen LogP contribution is -2.86. The molecule has 27 nitrogen and oxygen atoms in total. The van der Waals surface area contributed by atoms with Gasteiger partial charge in [0.05, 0.1) is 0 Å². The Morgan fingerprint density at radius 3 is 1.61 bits per heavy atom. The smallest absolute Gasteiger partial charge is 0.392 e. The number of hydrogen-bond acceptors (Lipinski definition) is 27. The van der Waals surface area contributed by atoms with Gasteiger partial charge in [-0.1, -0.05) is 6.92 Å². The van der Waals surface area contributed by atoms with Crippen molar-refractivity contribution in [1.29, 1.82) is 0 Å². The fourth-order valence-corrected chi connectivity index (χ4v) is 40.9. The quantitative estimate of drug-likeness (QED) is 0.0689. The molecule has 1 spiro atoms. The minimum absolute atomic E-state index is 0.468. The molecule has 0 amide bonds. The average Bonchev–Trinajstić information content (AvgIpc) is 3.05. The van der Waals surface area contributed by atoms with E-state index in [1.807, 2.05) is 0 Å². The van der Waals surface area contributed by atoms with E-state index in [4.69, 9.17) is 75.9 Å². The Hall–Kier alpha value is 1.09. The lowest BCUT2D eigenvalue weighted by atomic mass is 11.0. The van der Waals surface area contributed by atoms with Crippen LogP contribution in [-0.2, 0) is 75.9 Å². The van der Waals surface area contributed by atoms with Gasteiger partial charge in [-0.15, -0.1) is 0 Å². The minimum atomic E-state index is -5.92. The highest BCUT2D eigenvalue weighted by Crippen LogP contribution is 2.44. The summed E-state index contributed by atoms with van der Waals surface area (Å²) in [5.41, 5.74) is 0. The second-order valence-corrected chi connectivity index (χ2v) is 35.8. The molecule has 3 heterocycles. The van der Waals surface area contributed by atoms with Gasteiger partial charge in [0.1, 0.15) is 24.9 Å². The van der Waals surface area contributed by atoms with Crippen LogP contribution in [0, 0.1) is 0 Å². The molecule has 9 N–H and O–H groups in total. The molecular weight excluding hydrogens is 857 g/mol. The van der Waals surface area contributed by atoms with Gasteiger partial charge in [-0.05, 0) is 0 Å². The first-order valence-electron chi connectivity index (χ1n) is 13.4. The first-order chi connectivity index (χ1) is 22.7. The van der Waals surface area contributed by atoms with Gasteiger partial charge in [0.15, 0.2) is 0 Å². The van der Waals surface area contributed by atoms with Gasteiger partial charge in [0.25, 0.3) is 0 Å². The second kappa shape index (κ2) is 16.1. The van der Waals surface area contributed by atoms with Crippen LogP contribution in [-0.4, -0.2) is 201 Å². The number of aliphatic hydroxyl groups excluding tert-OH is 4. The molecule has 0 aromatic heterocycles. The highest BCUT2D eigenvalue weighted by atomic mass is 28.6. The molecule has 8 unspecified atom stereocenters. The number of hydrogen-bond donors (Lipinski definition) is 9. The molecule has 0 saturated carbocycles. The Morgan fingerprint density at radius 1 is 0.571 bits per heavy atom. The molecule has 3 rings (SSSR count). The second-order valence-electron chi connectivity index (χ2n) is 9.48. The van der Waals surface area contributed by atoms with Crippen LogP contribution in [0.5, 0.6) is 0 Å². The summed E-state index contributed by atoms with van der Waals surface area (Å²) in [6, 6.07) is -0.468. The zero-order valence-corrected chi connectivity index (χ0v) is 36.9. The van der Waals surface area contributed by atoms with Crippen molar-refractivity contribution in [2.24, 2.45) is 0 Å². The average molecular weight is 897 g/mol. The van der Waals surface area contributed by atoms with Gasteiger partial charge in [0.2, 0.25) is 0 Å². The lowest BCUT2D eigenvalue weighted by molar-refractivity contribution is -0.0823. The van der Waals surface area contributed by atoms with E-state index >= 15 is 0 Å². The van der Waals surface area contributed by atoms with Crippen LogP contribution >= 0.6 is 0 Å². The molecule has 49 heavy (non-hydrogen) atoms. The number of aliphatic hydroxyl groups is 4. The Labute approximate surface area is 289 Å². The van der Waals surface area contributed by atoms with E-state index in [0.717, 1.165) is 42.7 Å². The molecule has 3 aliphatic rings. The van der Waals surface area contributed by atoms with Gasteiger partial charge in [-0.2, -0.15) is 0 Å². The predicted octanol–water partition coefficient (Wildman–Crippen LogP) is -7.92. The van der Waals surface area contributed by atoms with E-state index in [0.29, 0.717) is 0 Å². The maximum Gasteiger partial charge on any atom is 0.670 e. The van der Waals surface area contributed by atoms with E-state index in [9.17, 15) is 44.4 Å². The predicted molar refractivity (Wildman–Crippen MR) is 163 cm³/mol. The first-order valence-corrected chi connectivity index (χ1v) is 31.5. The van der Waals surface area contributed by atoms with E-state index < -0.39 is 120 Å². The third kappa shape index (κ3) is 9.67. The molecule has 0 aliphatic carbocycles. The standard InChI is InChI=1S/C12H40O27Si10/c1-8-42-28-40(17,9-13)31-48(37-45(19,25-5)26-6,35-43(11-15,22-2)23-3)39-49(34-42)36-44(12-16,24-4)33-46(20,27-7)29-41(18,10-14)30-47(21,32-42)38-49/h13-21H,8-12H2,1-7H3. The zero-order valence-electron chi connectivity index (χ0n) is 26.9. The van der Waals surface area contributed by atoms with Crippen molar-refractivity contribution in [1.82, 2.24) is 0 Å². The minimum Gasteiger partial charge on any atom is -0.392 e. The van der Waals surface area contributed by atoms with E-state index in [2.05, 4.69) is 0 Å². The molecule has 3 aliphatic heterocycles. The van der Waals surface area contributed by atoms with Gasteiger partial charge in [-0.25, -0.2) is 0 Å². The van der Waals surface area contributed by atoms with Gasteiger partial charge < -0.3 is 120 Å². The van der Waals surface area contributed by atoms with E-state index in [1.54, 1.807) is 0 Å². The van der Waals surface area contributed by atoms with Crippen molar-refractivity contribution in [2.45, 2.75) is 13.0 Å². The summed E-state index contributed by atoms with van der Waals surface area (Å²) in [5.74, 6) is 0. The molecule has 3 saturated heterocycles. The Morgan fingerprint density at radius 2 is 1.16 bits per heavy atom. The fraction of sp³-hybridized carbons (Fsp3) is 1.00. The number of rotatable bonds is 15. The Balaban J connectivity index is 2.49. The summed E-state index contributed by atoms with van der Waals surface area (Å²) < 4.78 is 99.3. The van der Waals surface area contributed by atoms with Crippen molar-refractivity contribution in [3.8, 4) is 0 Å². The molecule has 290 valence electrons. The maximum absolute atomic E-state index is 11.8. The first kappa shape index (κ1) is 44.5. The van der Waals surface area contributed by atoms with Crippen molar-refractivity contribution in [3.05, 3.63) is 0 Å².